The average Bonchev–Trinajstić information content (AvgIpc) is 3.00. The molecule has 0 bridgehead atoms. The van der Waals surface area contributed by atoms with Crippen LogP contribution in [0.4, 0.5) is 5.69 Å². The molecular formula is C17H24N6O. The molecule has 0 saturated heterocycles. The molecule has 24 heavy (non-hydrogen) atoms. The minimum atomic E-state index is -0.115. The van der Waals surface area contributed by atoms with Gasteiger partial charge in [0, 0.05) is 45.0 Å². The lowest BCUT2D eigenvalue weighted by Crippen LogP contribution is -2.42. The second-order valence-electron chi connectivity index (χ2n) is 6.69. The number of hydrogen-bond donors (Lipinski definition) is 0. The molecule has 2 aromatic rings. The molecule has 128 valence electrons. The van der Waals surface area contributed by atoms with Gasteiger partial charge < -0.3 is 14.4 Å². The molecule has 2 aromatic heterocycles. The SMILES string of the molecule is CC(C)c1nnc2n1CCN(C(=O)c1cc(N(C)C)ccn1)C2C. The number of carbonyl (C=O) groups is 1. The summed E-state index contributed by atoms with van der Waals surface area (Å²) in [5.74, 6) is 2.09. The van der Waals surface area contributed by atoms with Crippen LogP contribution in [0.1, 0.15) is 54.9 Å². The Morgan fingerprint density at radius 3 is 2.71 bits per heavy atom. The number of anilines is 1. The first-order chi connectivity index (χ1) is 11.4. The number of hydrogen-bond acceptors (Lipinski definition) is 5. The molecule has 7 heteroatoms. The summed E-state index contributed by atoms with van der Waals surface area (Å²) in [6.45, 7) is 7.57. The van der Waals surface area contributed by atoms with E-state index in [9.17, 15) is 4.79 Å². The molecule has 7 nitrogen and oxygen atoms in total. The minimum absolute atomic E-state index is 0.0634. The van der Waals surface area contributed by atoms with Crippen LogP contribution in [-0.4, -0.2) is 51.2 Å². The van der Waals surface area contributed by atoms with Crippen molar-refractivity contribution in [1.29, 1.82) is 0 Å². The number of amides is 1. The van der Waals surface area contributed by atoms with Crippen molar-refractivity contribution in [2.75, 3.05) is 25.5 Å². The van der Waals surface area contributed by atoms with Gasteiger partial charge in [0.1, 0.15) is 11.5 Å². The molecule has 1 atom stereocenters. The molecule has 0 spiro atoms. The zero-order valence-electron chi connectivity index (χ0n) is 14.9. The average molecular weight is 328 g/mol. The second kappa shape index (κ2) is 6.22. The van der Waals surface area contributed by atoms with Crippen LogP contribution in [0, 0.1) is 0 Å². The summed E-state index contributed by atoms with van der Waals surface area (Å²) in [5, 5.41) is 8.63. The predicted molar refractivity (Wildman–Crippen MR) is 92.1 cm³/mol. The Morgan fingerprint density at radius 1 is 1.29 bits per heavy atom. The third-order valence-electron chi connectivity index (χ3n) is 4.47. The largest absolute Gasteiger partial charge is 0.378 e. The highest BCUT2D eigenvalue weighted by Crippen LogP contribution is 2.28. The van der Waals surface area contributed by atoms with Gasteiger partial charge in [-0.2, -0.15) is 0 Å². The second-order valence-corrected chi connectivity index (χ2v) is 6.69. The van der Waals surface area contributed by atoms with Crippen molar-refractivity contribution in [1.82, 2.24) is 24.6 Å². The van der Waals surface area contributed by atoms with Gasteiger partial charge in [-0.05, 0) is 19.1 Å². The van der Waals surface area contributed by atoms with E-state index < -0.39 is 0 Å². The standard InChI is InChI=1S/C17H24N6O/c1-11(2)15-19-20-16-12(3)22(8-9-23(15)16)17(24)14-10-13(21(4)5)6-7-18-14/h6-7,10-12H,8-9H2,1-5H3. The van der Waals surface area contributed by atoms with Gasteiger partial charge in [-0.3, -0.25) is 9.78 Å². The number of nitrogens with zero attached hydrogens (tertiary/aromatic N) is 6. The van der Waals surface area contributed by atoms with Gasteiger partial charge in [-0.1, -0.05) is 13.8 Å². The highest BCUT2D eigenvalue weighted by Gasteiger charge is 2.32. The van der Waals surface area contributed by atoms with Crippen molar-refractivity contribution in [2.24, 2.45) is 0 Å². The van der Waals surface area contributed by atoms with Crippen molar-refractivity contribution in [3.05, 3.63) is 35.7 Å². The molecule has 0 saturated carbocycles. The molecule has 1 aliphatic heterocycles. The minimum Gasteiger partial charge on any atom is -0.378 e. The fourth-order valence-corrected chi connectivity index (χ4v) is 3.07. The molecule has 1 amide bonds. The highest BCUT2D eigenvalue weighted by molar-refractivity contribution is 5.93. The first-order valence-corrected chi connectivity index (χ1v) is 8.27. The number of carbonyl (C=O) groups excluding carboxylic acids is 1. The van der Waals surface area contributed by atoms with Crippen molar-refractivity contribution in [3.8, 4) is 0 Å². The van der Waals surface area contributed by atoms with Crippen molar-refractivity contribution in [2.45, 2.75) is 39.3 Å². The Balaban J connectivity index is 1.88. The lowest BCUT2D eigenvalue weighted by atomic mass is 10.1. The van der Waals surface area contributed by atoms with E-state index in [1.807, 2.05) is 43.0 Å². The van der Waals surface area contributed by atoms with E-state index >= 15 is 0 Å². The van der Waals surface area contributed by atoms with Gasteiger partial charge in [0.2, 0.25) is 0 Å². The summed E-state index contributed by atoms with van der Waals surface area (Å²) in [5.41, 5.74) is 1.42. The maximum absolute atomic E-state index is 12.9. The Bertz CT molecular complexity index is 751. The van der Waals surface area contributed by atoms with E-state index in [2.05, 4.69) is 33.6 Å². The quantitative estimate of drug-likeness (QED) is 0.863. The Kier molecular flexibility index (Phi) is 4.26. The molecular weight excluding hydrogens is 304 g/mol. The topological polar surface area (TPSA) is 67.2 Å². The Labute approximate surface area is 142 Å². The Morgan fingerprint density at radius 2 is 2.04 bits per heavy atom. The van der Waals surface area contributed by atoms with Crippen molar-refractivity contribution in [3.63, 3.8) is 0 Å². The Hall–Kier alpha value is -2.44. The molecule has 0 aliphatic carbocycles. The van der Waals surface area contributed by atoms with Crippen LogP contribution in [0.5, 0.6) is 0 Å². The van der Waals surface area contributed by atoms with Gasteiger partial charge in [0.05, 0.1) is 6.04 Å². The summed E-state index contributed by atoms with van der Waals surface area (Å²) in [4.78, 5) is 21.0. The lowest BCUT2D eigenvalue weighted by Gasteiger charge is -2.34. The van der Waals surface area contributed by atoms with Crippen LogP contribution < -0.4 is 4.90 Å². The van der Waals surface area contributed by atoms with Crippen molar-refractivity contribution < 1.29 is 4.79 Å². The van der Waals surface area contributed by atoms with E-state index in [0.717, 1.165) is 23.9 Å². The van der Waals surface area contributed by atoms with Crippen LogP contribution in [-0.2, 0) is 6.54 Å². The summed E-state index contributed by atoms with van der Waals surface area (Å²) in [6.07, 6.45) is 1.68. The predicted octanol–water partition coefficient (Wildman–Crippen LogP) is 2.08. The smallest absolute Gasteiger partial charge is 0.273 e. The first kappa shape index (κ1) is 16.4. The monoisotopic (exact) mass is 328 g/mol. The summed E-state index contributed by atoms with van der Waals surface area (Å²) < 4.78 is 2.14. The molecule has 1 unspecified atom stereocenters. The summed E-state index contributed by atoms with van der Waals surface area (Å²) >= 11 is 0. The first-order valence-electron chi connectivity index (χ1n) is 8.27. The maximum Gasteiger partial charge on any atom is 0.273 e. The van der Waals surface area contributed by atoms with Crippen LogP contribution >= 0.6 is 0 Å². The van der Waals surface area contributed by atoms with E-state index in [1.165, 1.54) is 0 Å². The number of fused-ring (bicyclic) bond motifs is 1. The van der Waals surface area contributed by atoms with Crippen LogP contribution in [0.2, 0.25) is 0 Å². The molecule has 0 N–H and O–H groups in total. The maximum atomic E-state index is 12.9. The summed E-state index contributed by atoms with van der Waals surface area (Å²) in [7, 11) is 3.89. The van der Waals surface area contributed by atoms with Gasteiger partial charge in [0.15, 0.2) is 5.82 Å². The number of pyridine rings is 1. The third-order valence-corrected chi connectivity index (χ3v) is 4.47. The fourth-order valence-electron chi connectivity index (χ4n) is 3.07. The zero-order chi connectivity index (χ0) is 17.4. The van der Waals surface area contributed by atoms with E-state index in [1.54, 1.807) is 6.20 Å². The van der Waals surface area contributed by atoms with Crippen molar-refractivity contribution >= 4 is 11.6 Å². The molecule has 0 radical (unpaired) electrons. The number of rotatable bonds is 3. The lowest BCUT2D eigenvalue weighted by molar-refractivity contribution is 0.0630. The van der Waals surface area contributed by atoms with Gasteiger partial charge >= 0.3 is 0 Å². The van der Waals surface area contributed by atoms with Crippen LogP contribution in [0.3, 0.4) is 0 Å². The zero-order valence-corrected chi connectivity index (χ0v) is 14.9. The van der Waals surface area contributed by atoms with E-state index in [-0.39, 0.29) is 11.9 Å². The molecule has 3 rings (SSSR count). The van der Waals surface area contributed by atoms with E-state index in [0.29, 0.717) is 18.2 Å². The molecule has 3 heterocycles. The molecule has 0 fully saturated rings. The molecule has 1 aliphatic rings. The fraction of sp³-hybridized carbons (Fsp3) is 0.529. The normalized spacial score (nSPS) is 17.1. The van der Waals surface area contributed by atoms with Crippen LogP contribution in [0.25, 0.3) is 0 Å². The molecule has 0 aromatic carbocycles. The van der Waals surface area contributed by atoms with Gasteiger partial charge in [-0.15, -0.1) is 10.2 Å². The van der Waals surface area contributed by atoms with Gasteiger partial charge in [-0.25, -0.2) is 0 Å². The highest BCUT2D eigenvalue weighted by atomic mass is 16.2. The van der Waals surface area contributed by atoms with Gasteiger partial charge in [0.25, 0.3) is 5.91 Å². The third kappa shape index (κ3) is 2.74. The summed E-state index contributed by atoms with van der Waals surface area (Å²) in [6, 6.07) is 3.60. The van der Waals surface area contributed by atoms with Crippen LogP contribution in [0.15, 0.2) is 18.3 Å². The van der Waals surface area contributed by atoms with E-state index in [4.69, 9.17) is 0 Å². The number of aromatic nitrogens is 4.